The molecule has 2 aliphatic heterocycles. The largest absolute Gasteiger partial charge is 0.490 e. The molecule has 0 saturated carbocycles. The maximum absolute atomic E-state index is 13.8. The van der Waals surface area contributed by atoms with Gasteiger partial charge in [-0.1, -0.05) is 0 Å². The summed E-state index contributed by atoms with van der Waals surface area (Å²) in [6.07, 6.45) is 4.69. The van der Waals surface area contributed by atoms with E-state index in [0.29, 0.717) is 11.8 Å². The van der Waals surface area contributed by atoms with Crippen LogP contribution in [0.15, 0.2) is 18.2 Å². The molecule has 1 atom stereocenters. The molecule has 0 spiro atoms. The van der Waals surface area contributed by atoms with Crippen molar-refractivity contribution in [1.82, 2.24) is 10.2 Å². The van der Waals surface area contributed by atoms with E-state index in [1.165, 1.54) is 18.9 Å². The van der Waals surface area contributed by atoms with Gasteiger partial charge in [0.25, 0.3) is 0 Å². The molecule has 3 rings (SSSR count). The van der Waals surface area contributed by atoms with Gasteiger partial charge in [0.1, 0.15) is 17.7 Å². The molecule has 116 valence electrons. The van der Waals surface area contributed by atoms with Crippen molar-refractivity contribution in [3.63, 3.8) is 0 Å². The lowest BCUT2D eigenvalue weighted by molar-refractivity contribution is 0.161. The van der Waals surface area contributed by atoms with Crippen molar-refractivity contribution in [2.45, 2.75) is 51.3 Å². The summed E-state index contributed by atoms with van der Waals surface area (Å²) >= 11 is 0. The minimum atomic E-state index is -0.191. The highest BCUT2D eigenvalue weighted by Crippen LogP contribution is 2.24. The number of nitrogens with one attached hydrogen (secondary N) is 1. The minimum Gasteiger partial charge on any atom is -0.490 e. The van der Waals surface area contributed by atoms with Crippen molar-refractivity contribution in [3.8, 4) is 5.75 Å². The quantitative estimate of drug-likeness (QED) is 0.923. The molecule has 3 nitrogen and oxygen atoms in total. The maximum Gasteiger partial charge on any atom is 0.127 e. The number of halogens is 1. The maximum atomic E-state index is 13.8. The molecule has 2 heterocycles. The molecular weight excluding hydrogens is 267 g/mol. The van der Waals surface area contributed by atoms with Crippen LogP contribution in [0.2, 0.25) is 0 Å². The summed E-state index contributed by atoms with van der Waals surface area (Å²) in [5.41, 5.74) is 1.02. The topological polar surface area (TPSA) is 24.5 Å². The van der Waals surface area contributed by atoms with Gasteiger partial charge < -0.3 is 10.1 Å². The zero-order valence-corrected chi connectivity index (χ0v) is 12.8. The fraction of sp³-hybridized carbons (Fsp3) is 0.647. The van der Waals surface area contributed by atoms with Crippen molar-refractivity contribution in [3.05, 3.63) is 29.6 Å². The summed E-state index contributed by atoms with van der Waals surface area (Å²) in [5, 5.41) is 3.32. The van der Waals surface area contributed by atoms with E-state index in [1.54, 1.807) is 6.07 Å². The second kappa shape index (κ2) is 6.75. The molecule has 0 aliphatic carbocycles. The van der Waals surface area contributed by atoms with E-state index in [9.17, 15) is 4.39 Å². The normalized spacial score (nSPS) is 24.4. The zero-order valence-electron chi connectivity index (χ0n) is 12.8. The highest BCUT2D eigenvalue weighted by Gasteiger charge is 2.21. The molecule has 0 unspecified atom stereocenters. The van der Waals surface area contributed by atoms with E-state index in [4.69, 9.17) is 4.74 Å². The minimum absolute atomic E-state index is 0.191. The zero-order chi connectivity index (χ0) is 14.7. The van der Waals surface area contributed by atoms with E-state index in [1.807, 2.05) is 6.07 Å². The first-order chi connectivity index (χ1) is 10.2. The van der Waals surface area contributed by atoms with Crippen molar-refractivity contribution in [1.29, 1.82) is 0 Å². The third-order valence-corrected chi connectivity index (χ3v) is 4.60. The van der Waals surface area contributed by atoms with Crippen LogP contribution in [-0.2, 0) is 6.54 Å². The van der Waals surface area contributed by atoms with Crippen molar-refractivity contribution in [2.24, 2.45) is 0 Å². The molecule has 0 bridgehead atoms. The second-order valence-corrected chi connectivity index (χ2v) is 6.32. The fourth-order valence-corrected chi connectivity index (χ4v) is 3.35. The molecule has 2 fully saturated rings. The Hall–Kier alpha value is -1.13. The summed E-state index contributed by atoms with van der Waals surface area (Å²) in [6.45, 7) is 6.15. The lowest BCUT2D eigenvalue weighted by atomic mass is 10.1. The first kappa shape index (κ1) is 14.8. The van der Waals surface area contributed by atoms with Gasteiger partial charge in [0, 0.05) is 18.7 Å². The smallest absolute Gasteiger partial charge is 0.127 e. The highest BCUT2D eigenvalue weighted by molar-refractivity contribution is 5.30. The second-order valence-electron chi connectivity index (χ2n) is 6.32. The Labute approximate surface area is 126 Å². The summed E-state index contributed by atoms with van der Waals surface area (Å²) < 4.78 is 19.8. The molecule has 1 N–H and O–H groups in total. The number of nitrogens with zero attached hydrogens (tertiary/aromatic N) is 1. The molecule has 0 aromatic heterocycles. The molecular formula is C17H25FN2O. The van der Waals surface area contributed by atoms with E-state index >= 15 is 0 Å². The SMILES string of the molecule is C[C@H]1CCCN1Cc1cc(F)cc(OC2CCNCC2)c1. The van der Waals surface area contributed by atoms with E-state index in [2.05, 4.69) is 17.1 Å². The predicted octanol–water partition coefficient (Wildman–Crippen LogP) is 2.94. The molecule has 0 radical (unpaired) electrons. The van der Waals surface area contributed by atoms with Crippen LogP contribution in [0.25, 0.3) is 0 Å². The van der Waals surface area contributed by atoms with Gasteiger partial charge in [-0.05, 0) is 69.9 Å². The number of hydrogen-bond acceptors (Lipinski definition) is 3. The van der Waals surface area contributed by atoms with Crippen molar-refractivity contribution in [2.75, 3.05) is 19.6 Å². The van der Waals surface area contributed by atoms with Crippen molar-refractivity contribution >= 4 is 0 Å². The Morgan fingerprint density at radius 2 is 2.05 bits per heavy atom. The third-order valence-electron chi connectivity index (χ3n) is 4.60. The van der Waals surface area contributed by atoms with Gasteiger partial charge in [-0.25, -0.2) is 4.39 Å². The van der Waals surface area contributed by atoms with Crippen LogP contribution in [0.5, 0.6) is 5.75 Å². The van der Waals surface area contributed by atoms with Gasteiger partial charge in [-0.15, -0.1) is 0 Å². The molecule has 21 heavy (non-hydrogen) atoms. The van der Waals surface area contributed by atoms with Gasteiger partial charge in [0.15, 0.2) is 0 Å². The van der Waals surface area contributed by atoms with Gasteiger partial charge in [-0.3, -0.25) is 4.90 Å². The van der Waals surface area contributed by atoms with Crippen LogP contribution in [-0.4, -0.2) is 36.7 Å². The lowest BCUT2D eigenvalue weighted by Gasteiger charge is -2.25. The van der Waals surface area contributed by atoms with Crippen LogP contribution >= 0.6 is 0 Å². The van der Waals surface area contributed by atoms with Crippen LogP contribution in [0.4, 0.5) is 4.39 Å². The van der Waals surface area contributed by atoms with E-state index < -0.39 is 0 Å². The Bertz CT molecular complexity index is 474. The highest BCUT2D eigenvalue weighted by atomic mass is 19.1. The molecule has 1 aromatic carbocycles. The average Bonchev–Trinajstić information content (AvgIpc) is 2.85. The lowest BCUT2D eigenvalue weighted by Crippen LogP contribution is -2.34. The van der Waals surface area contributed by atoms with Crippen LogP contribution in [0.3, 0.4) is 0 Å². The number of ether oxygens (including phenoxy) is 1. The molecule has 2 aliphatic rings. The molecule has 4 heteroatoms. The average molecular weight is 292 g/mol. The van der Waals surface area contributed by atoms with Gasteiger partial charge in [0.2, 0.25) is 0 Å². The fourth-order valence-electron chi connectivity index (χ4n) is 3.35. The summed E-state index contributed by atoms with van der Waals surface area (Å²) in [5.74, 6) is 0.493. The number of piperidine rings is 1. The number of likely N-dealkylation sites (tertiary alicyclic amines) is 1. The number of hydrogen-bond donors (Lipinski definition) is 1. The van der Waals surface area contributed by atoms with Crippen LogP contribution in [0.1, 0.15) is 38.2 Å². The Balaban J connectivity index is 1.66. The van der Waals surface area contributed by atoms with E-state index in [0.717, 1.165) is 44.6 Å². The number of rotatable bonds is 4. The first-order valence-corrected chi connectivity index (χ1v) is 8.11. The first-order valence-electron chi connectivity index (χ1n) is 8.11. The summed E-state index contributed by atoms with van der Waals surface area (Å²) in [4.78, 5) is 2.42. The van der Waals surface area contributed by atoms with Crippen molar-refractivity contribution < 1.29 is 9.13 Å². The van der Waals surface area contributed by atoms with Gasteiger partial charge >= 0.3 is 0 Å². The summed E-state index contributed by atoms with van der Waals surface area (Å²) in [6, 6.07) is 5.76. The predicted molar refractivity (Wildman–Crippen MR) is 82.0 cm³/mol. The monoisotopic (exact) mass is 292 g/mol. The van der Waals surface area contributed by atoms with Crippen LogP contribution < -0.4 is 10.1 Å². The molecule has 1 aromatic rings. The van der Waals surface area contributed by atoms with Crippen LogP contribution in [0, 0.1) is 5.82 Å². The standard InChI is InChI=1S/C17H25FN2O/c1-13-3-2-8-20(13)12-14-9-15(18)11-17(10-14)21-16-4-6-19-7-5-16/h9-11,13,16,19H,2-8,12H2,1H3/t13-/m0/s1. The summed E-state index contributed by atoms with van der Waals surface area (Å²) in [7, 11) is 0. The Kier molecular flexibility index (Phi) is 4.76. The van der Waals surface area contributed by atoms with E-state index in [-0.39, 0.29) is 11.9 Å². The molecule has 0 amide bonds. The Morgan fingerprint density at radius 3 is 2.76 bits per heavy atom. The third kappa shape index (κ3) is 3.95. The molecule has 2 saturated heterocycles. The number of benzene rings is 1. The Morgan fingerprint density at radius 1 is 1.24 bits per heavy atom. The van der Waals surface area contributed by atoms with Gasteiger partial charge in [0.05, 0.1) is 0 Å². The van der Waals surface area contributed by atoms with Gasteiger partial charge in [-0.2, -0.15) is 0 Å².